The van der Waals surface area contributed by atoms with Crippen molar-refractivity contribution >= 4 is 0 Å². The van der Waals surface area contributed by atoms with Crippen molar-refractivity contribution in [3.63, 3.8) is 0 Å². The molecule has 0 saturated heterocycles. The summed E-state index contributed by atoms with van der Waals surface area (Å²) in [6.45, 7) is 12.4. The third-order valence-electron chi connectivity index (χ3n) is 4.58. The largest absolute Gasteiger partial charge is 0.316 e. The lowest BCUT2D eigenvalue weighted by molar-refractivity contribution is 0.181. The zero-order valence-corrected chi connectivity index (χ0v) is 14.7. The van der Waals surface area contributed by atoms with E-state index in [0.29, 0.717) is 6.04 Å². The van der Waals surface area contributed by atoms with Gasteiger partial charge in [-0.05, 0) is 38.4 Å². The summed E-state index contributed by atoms with van der Waals surface area (Å²) < 4.78 is 0. The molecule has 0 fully saturated rings. The maximum atomic E-state index is 3.63. The van der Waals surface area contributed by atoms with Crippen molar-refractivity contribution in [3.05, 3.63) is 35.9 Å². The molecule has 1 unspecified atom stereocenters. The van der Waals surface area contributed by atoms with E-state index in [2.05, 4.69) is 75.3 Å². The monoisotopic (exact) mass is 290 g/mol. The average Bonchev–Trinajstić information content (AvgIpc) is 2.49. The quantitative estimate of drug-likeness (QED) is 0.654. The van der Waals surface area contributed by atoms with Gasteiger partial charge in [-0.1, -0.05) is 58.0 Å². The van der Waals surface area contributed by atoms with E-state index in [9.17, 15) is 0 Å². The summed E-state index contributed by atoms with van der Waals surface area (Å²) in [5.74, 6) is 0. The predicted molar refractivity (Wildman–Crippen MR) is 94.0 cm³/mol. The molecule has 120 valence electrons. The molecule has 0 bridgehead atoms. The van der Waals surface area contributed by atoms with Crippen LogP contribution in [0.4, 0.5) is 0 Å². The Hall–Kier alpha value is -0.860. The lowest BCUT2D eigenvalue weighted by atomic mass is 9.81. The van der Waals surface area contributed by atoms with Crippen LogP contribution in [0.1, 0.15) is 52.5 Å². The molecule has 0 radical (unpaired) electrons. The van der Waals surface area contributed by atoms with Gasteiger partial charge in [0.2, 0.25) is 0 Å². The fraction of sp³-hybridized carbons (Fsp3) is 0.684. The fourth-order valence-corrected chi connectivity index (χ4v) is 3.22. The number of nitrogens with zero attached hydrogens (tertiary/aromatic N) is 1. The molecule has 0 aliphatic rings. The van der Waals surface area contributed by atoms with Crippen LogP contribution in [0.5, 0.6) is 0 Å². The van der Waals surface area contributed by atoms with Crippen molar-refractivity contribution in [2.45, 2.75) is 58.4 Å². The van der Waals surface area contributed by atoms with Gasteiger partial charge in [0.05, 0.1) is 0 Å². The average molecular weight is 290 g/mol. The summed E-state index contributed by atoms with van der Waals surface area (Å²) in [5.41, 5.74) is 1.60. The zero-order valence-electron chi connectivity index (χ0n) is 14.7. The molecule has 0 aromatic heterocycles. The first-order chi connectivity index (χ1) is 10.1. The van der Waals surface area contributed by atoms with Crippen LogP contribution in [0.3, 0.4) is 0 Å². The number of nitrogens with one attached hydrogen (secondary N) is 1. The molecule has 1 N–H and O–H groups in total. The molecule has 0 aliphatic carbocycles. The van der Waals surface area contributed by atoms with Crippen LogP contribution < -0.4 is 5.32 Å². The van der Waals surface area contributed by atoms with Crippen LogP contribution in [-0.4, -0.2) is 37.6 Å². The van der Waals surface area contributed by atoms with Crippen molar-refractivity contribution in [2.24, 2.45) is 0 Å². The highest BCUT2D eigenvalue weighted by atomic mass is 15.1. The first-order valence-electron chi connectivity index (χ1n) is 8.53. The molecule has 0 spiro atoms. The Labute approximate surface area is 131 Å². The first kappa shape index (κ1) is 18.2. The minimum absolute atomic E-state index is 0.160. The lowest BCUT2D eigenvalue weighted by Crippen LogP contribution is -2.47. The Morgan fingerprint density at radius 2 is 1.71 bits per heavy atom. The van der Waals surface area contributed by atoms with Crippen molar-refractivity contribution in [2.75, 3.05) is 26.7 Å². The molecule has 1 rings (SSSR count). The Morgan fingerprint density at radius 1 is 1.10 bits per heavy atom. The van der Waals surface area contributed by atoms with Gasteiger partial charge in [0.15, 0.2) is 0 Å². The van der Waals surface area contributed by atoms with E-state index in [0.717, 1.165) is 19.6 Å². The summed E-state index contributed by atoms with van der Waals surface area (Å²) in [5, 5.41) is 3.63. The zero-order chi connectivity index (χ0) is 15.7. The molecule has 0 saturated carbocycles. The molecule has 1 aromatic rings. The van der Waals surface area contributed by atoms with Crippen molar-refractivity contribution < 1.29 is 0 Å². The fourth-order valence-electron chi connectivity index (χ4n) is 3.22. The molecular formula is C19H34N2. The normalized spacial score (nSPS) is 14.6. The van der Waals surface area contributed by atoms with E-state index in [1.165, 1.54) is 24.8 Å². The summed E-state index contributed by atoms with van der Waals surface area (Å²) in [7, 11) is 2.28. The number of benzene rings is 1. The Balaban J connectivity index is 2.86. The SMILES string of the molecule is CCCNCC(C)(CN(C)C(CC)CC)c1ccccc1. The van der Waals surface area contributed by atoms with Crippen molar-refractivity contribution in [3.8, 4) is 0 Å². The molecule has 1 atom stereocenters. The third kappa shape index (κ3) is 5.44. The van der Waals surface area contributed by atoms with Crippen LogP contribution in [-0.2, 0) is 5.41 Å². The van der Waals surface area contributed by atoms with Crippen molar-refractivity contribution in [1.29, 1.82) is 0 Å². The topological polar surface area (TPSA) is 15.3 Å². The molecular weight excluding hydrogens is 256 g/mol. The van der Waals surface area contributed by atoms with Crippen LogP contribution in [0.2, 0.25) is 0 Å². The minimum Gasteiger partial charge on any atom is -0.316 e. The molecule has 1 aromatic carbocycles. The molecule has 2 nitrogen and oxygen atoms in total. The second-order valence-electron chi connectivity index (χ2n) is 6.49. The van der Waals surface area contributed by atoms with Gasteiger partial charge in [0.25, 0.3) is 0 Å². The smallest absolute Gasteiger partial charge is 0.0177 e. The number of rotatable bonds is 10. The second kappa shape index (κ2) is 9.22. The van der Waals surface area contributed by atoms with Gasteiger partial charge in [0, 0.05) is 24.5 Å². The van der Waals surface area contributed by atoms with Gasteiger partial charge >= 0.3 is 0 Å². The Kier molecular flexibility index (Phi) is 7.98. The van der Waals surface area contributed by atoms with Gasteiger partial charge < -0.3 is 10.2 Å². The maximum Gasteiger partial charge on any atom is 0.0177 e. The molecule has 0 amide bonds. The van der Waals surface area contributed by atoms with E-state index in [-0.39, 0.29) is 5.41 Å². The van der Waals surface area contributed by atoms with Crippen LogP contribution in [0.15, 0.2) is 30.3 Å². The molecule has 0 heterocycles. The summed E-state index contributed by atoms with van der Waals surface area (Å²) in [4.78, 5) is 2.54. The van der Waals surface area contributed by atoms with Gasteiger partial charge in [0.1, 0.15) is 0 Å². The van der Waals surface area contributed by atoms with E-state index in [1.807, 2.05) is 0 Å². The van der Waals surface area contributed by atoms with E-state index < -0.39 is 0 Å². The van der Waals surface area contributed by atoms with E-state index >= 15 is 0 Å². The van der Waals surface area contributed by atoms with E-state index in [1.54, 1.807) is 0 Å². The third-order valence-corrected chi connectivity index (χ3v) is 4.58. The lowest BCUT2D eigenvalue weighted by Gasteiger charge is -2.38. The Morgan fingerprint density at radius 3 is 2.24 bits per heavy atom. The highest BCUT2D eigenvalue weighted by Gasteiger charge is 2.29. The predicted octanol–water partition coefficient (Wildman–Crippen LogP) is 4.06. The summed E-state index contributed by atoms with van der Waals surface area (Å²) in [6, 6.07) is 11.6. The first-order valence-corrected chi connectivity index (χ1v) is 8.53. The summed E-state index contributed by atoms with van der Waals surface area (Å²) >= 11 is 0. The highest BCUT2D eigenvalue weighted by Crippen LogP contribution is 2.25. The number of likely N-dealkylation sites (N-methyl/N-ethyl adjacent to an activating group) is 1. The number of hydrogen-bond acceptors (Lipinski definition) is 2. The van der Waals surface area contributed by atoms with Gasteiger partial charge in [-0.25, -0.2) is 0 Å². The standard InChI is InChI=1S/C19H34N2/c1-6-14-20-15-19(4,17-12-10-9-11-13-17)16-21(5)18(7-2)8-3/h9-13,18,20H,6-8,14-16H2,1-5H3. The van der Waals surface area contributed by atoms with Gasteiger partial charge in [-0.2, -0.15) is 0 Å². The van der Waals surface area contributed by atoms with Gasteiger partial charge in [-0.3, -0.25) is 0 Å². The highest BCUT2D eigenvalue weighted by molar-refractivity contribution is 5.25. The summed E-state index contributed by atoms with van der Waals surface area (Å²) in [6.07, 6.45) is 3.63. The second-order valence-corrected chi connectivity index (χ2v) is 6.49. The molecule has 2 heteroatoms. The maximum absolute atomic E-state index is 3.63. The van der Waals surface area contributed by atoms with Gasteiger partial charge in [-0.15, -0.1) is 0 Å². The van der Waals surface area contributed by atoms with Crippen LogP contribution in [0, 0.1) is 0 Å². The Bertz CT molecular complexity index is 372. The minimum atomic E-state index is 0.160. The van der Waals surface area contributed by atoms with Crippen LogP contribution in [0.25, 0.3) is 0 Å². The molecule has 0 aliphatic heterocycles. The number of hydrogen-bond donors (Lipinski definition) is 1. The van der Waals surface area contributed by atoms with Crippen LogP contribution >= 0.6 is 0 Å². The van der Waals surface area contributed by atoms with Crippen molar-refractivity contribution in [1.82, 2.24) is 10.2 Å². The van der Waals surface area contributed by atoms with E-state index in [4.69, 9.17) is 0 Å². The molecule has 21 heavy (non-hydrogen) atoms.